The van der Waals surface area contributed by atoms with Gasteiger partial charge in [0.1, 0.15) is 5.76 Å². The first-order valence-electron chi connectivity index (χ1n) is 7.19. The largest absolute Gasteiger partial charge is 0.360 e. The minimum absolute atomic E-state index is 0.104. The number of anilines is 1. The van der Waals surface area contributed by atoms with E-state index in [2.05, 4.69) is 10.5 Å². The number of amides is 2. The first kappa shape index (κ1) is 14.3. The minimum atomic E-state index is -0.354. The molecule has 1 aromatic heterocycles. The number of carbonyl (C=O) groups excluding carboxylic acids is 2. The van der Waals surface area contributed by atoms with Gasteiger partial charge in [0.05, 0.1) is 5.92 Å². The first-order chi connectivity index (χ1) is 10.6. The Morgan fingerprint density at radius 3 is 2.86 bits per heavy atom. The molecule has 1 fully saturated rings. The predicted octanol–water partition coefficient (Wildman–Crippen LogP) is 1.65. The molecule has 1 N–H and O–H groups in total. The van der Waals surface area contributed by atoms with E-state index in [9.17, 15) is 9.59 Å². The fourth-order valence-electron chi connectivity index (χ4n) is 2.51. The van der Waals surface area contributed by atoms with Gasteiger partial charge in [-0.25, -0.2) is 0 Å². The lowest BCUT2D eigenvalue weighted by Gasteiger charge is -2.13. The maximum Gasteiger partial charge on any atom is 0.229 e. The molecule has 0 spiro atoms. The Kier molecular flexibility index (Phi) is 3.91. The van der Waals surface area contributed by atoms with Gasteiger partial charge in [-0.3, -0.25) is 14.5 Å². The summed E-state index contributed by atoms with van der Waals surface area (Å²) in [6.07, 6.45) is 0.201. The summed E-state index contributed by atoms with van der Waals surface area (Å²) in [4.78, 5) is 25.8. The molecule has 1 aliphatic rings. The van der Waals surface area contributed by atoms with Gasteiger partial charge in [-0.2, -0.15) is 0 Å². The van der Waals surface area contributed by atoms with Crippen LogP contribution in [0.4, 0.5) is 5.82 Å². The Bertz CT molecular complexity index is 681. The van der Waals surface area contributed by atoms with Gasteiger partial charge in [0, 0.05) is 25.6 Å². The Morgan fingerprint density at radius 2 is 2.18 bits per heavy atom. The molecule has 6 heteroatoms. The molecule has 0 radical (unpaired) electrons. The van der Waals surface area contributed by atoms with E-state index in [1.54, 1.807) is 13.0 Å². The molecule has 2 amide bonds. The number of nitrogens with one attached hydrogen (secondary N) is 1. The van der Waals surface area contributed by atoms with Crippen molar-refractivity contribution in [3.05, 3.63) is 47.7 Å². The Balaban J connectivity index is 1.59. The van der Waals surface area contributed by atoms with Crippen LogP contribution in [0, 0.1) is 12.8 Å². The fraction of sp³-hybridized carbons (Fsp3) is 0.312. The number of aryl methyl sites for hydroxylation is 1. The van der Waals surface area contributed by atoms with Gasteiger partial charge in [0.25, 0.3) is 0 Å². The van der Waals surface area contributed by atoms with Crippen LogP contribution in [0.2, 0.25) is 0 Å². The lowest BCUT2D eigenvalue weighted by molar-refractivity contribution is -0.126. The highest BCUT2D eigenvalue weighted by Gasteiger charge is 2.36. The normalized spacial score (nSPS) is 17.8. The summed E-state index contributed by atoms with van der Waals surface area (Å²) >= 11 is 0. The average Bonchev–Trinajstić information content (AvgIpc) is 3.11. The lowest BCUT2D eigenvalue weighted by atomic mass is 10.1. The molecular weight excluding hydrogens is 282 g/mol. The van der Waals surface area contributed by atoms with Crippen LogP contribution in [0.25, 0.3) is 0 Å². The van der Waals surface area contributed by atoms with E-state index in [-0.39, 0.29) is 24.2 Å². The minimum Gasteiger partial charge on any atom is -0.360 e. The van der Waals surface area contributed by atoms with Gasteiger partial charge in [0.2, 0.25) is 11.8 Å². The lowest BCUT2D eigenvalue weighted by Crippen LogP contribution is -2.32. The van der Waals surface area contributed by atoms with E-state index >= 15 is 0 Å². The van der Waals surface area contributed by atoms with Crippen LogP contribution in [0.5, 0.6) is 0 Å². The van der Waals surface area contributed by atoms with Crippen LogP contribution in [-0.4, -0.2) is 23.5 Å². The molecule has 1 atom stereocenters. The number of carbonyl (C=O) groups is 2. The number of hydrogen-bond donors (Lipinski definition) is 1. The maximum absolute atomic E-state index is 12.2. The van der Waals surface area contributed by atoms with Crippen LogP contribution < -0.4 is 10.2 Å². The van der Waals surface area contributed by atoms with E-state index in [1.165, 1.54) is 4.90 Å². The second-order valence-electron chi connectivity index (χ2n) is 5.40. The van der Waals surface area contributed by atoms with Gasteiger partial charge < -0.3 is 9.84 Å². The van der Waals surface area contributed by atoms with Gasteiger partial charge in [-0.1, -0.05) is 35.5 Å². The third-order valence-corrected chi connectivity index (χ3v) is 3.70. The summed E-state index contributed by atoms with van der Waals surface area (Å²) < 4.78 is 4.98. The molecule has 1 unspecified atom stereocenters. The van der Waals surface area contributed by atoms with Gasteiger partial charge in [-0.15, -0.1) is 0 Å². The van der Waals surface area contributed by atoms with E-state index in [0.717, 1.165) is 5.56 Å². The molecule has 2 aromatic rings. The molecule has 1 saturated heterocycles. The summed E-state index contributed by atoms with van der Waals surface area (Å²) in [6, 6.07) is 11.4. The second-order valence-corrected chi connectivity index (χ2v) is 5.40. The third-order valence-electron chi connectivity index (χ3n) is 3.70. The highest BCUT2D eigenvalue weighted by Crippen LogP contribution is 2.24. The SMILES string of the molecule is Cc1cc(N2CC(C(=O)NCc3ccccc3)CC2=O)no1. The van der Waals surface area contributed by atoms with Crippen LogP contribution >= 0.6 is 0 Å². The summed E-state index contributed by atoms with van der Waals surface area (Å²) in [5.41, 5.74) is 1.03. The van der Waals surface area contributed by atoms with Crippen LogP contribution in [0.15, 0.2) is 40.9 Å². The monoisotopic (exact) mass is 299 g/mol. The van der Waals surface area contributed by atoms with Gasteiger partial charge >= 0.3 is 0 Å². The van der Waals surface area contributed by atoms with Gasteiger partial charge in [0.15, 0.2) is 5.82 Å². The smallest absolute Gasteiger partial charge is 0.229 e. The van der Waals surface area contributed by atoms with Crippen molar-refractivity contribution in [2.75, 3.05) is 11.4 Å². The zero-order valence-electron chi connectivity index (χ0n) is 12.3. The topological polar surface area (TPSA) is 75.4 Å². The van der Waals surface area contributed by atoms with Crippen molar-refractivity contribution in [3.8, 4) is 0 Å². The highest BCUT2D eigenvalue weighted by molar-refractivity contribution is 5.99. The zero-order chi connectivity index (χ0) is 15.5. The molecule has 2 heterocycles. The van der Waals surface area contributed by atoms with E-state index < -0.39 is 0 Å². The van der Waals surface area contributed by atoms with Crippen LogP contribution in [-0.2, 0) is 16.1 Å². The Morgan fingerprint density at radius 1 is 1.41 bits per heavy atom. The van der Waals surface area contributed by atoms with E-state index in [4.69, 9.17) is 4.52 Å². The zero-order valence-corrected chi connectivity index (χ0v) is 12.3. The number of rotatable bonds is 4. The van der Waals surface area contributed by atoms with Crippen molar-refractivity contribution in [1.82, 2.24) is 10.5 Å². The van der Waals surface area contributed by atoms with Gasteiger partial charge in [-0.05, 0) is 12.5 Å². The Labute approximate surface area is 128 Å². The van der Waals surface area contributed by atoms with Crippen LogP contribution in [0.1, 0.15) is 17.7 Å². The predicted molar refractivity (Wildman–Crippen MR) is 80.0 cm³/mol. The number of nitrogens with zero attached hydrogens (tertiary/aromatic N) is 2. The number of aromatic nitrogens is 1. The molecule has 22 heavy (non-hydrogen) atoms. The molecule has 6 nitrogen and oxygen atoms in total. The van der Waals surface area contributed by atoms with Crippen LogP contribution in [0.3, 0.4) is 0 Å². The molecule has 1 aliphatic heterocycles. The van der Waals surface area contributed by atoms with E-state index in [0.29, 0.717) is 24.7 Å². The summed E-state index contributed by atoms with van der Waals surface area (Å²) in [5.74, 6) is 0.543. The van der Waals surface area contributed by atoms with Crippen molar-refractivity contribution >= 4 is 17.6 Å². The standard InChI is InChI=1S/C16H17N3O3/c1-11-7-14(18-22-11)19-10-13(8-15(19)20)16(21)17-9-12-5-3-2-4-6-12/h2-7,13H,8-10H2,1H3,(H,17,21). The van der Waals surface area contributed by atoms with Crippen molar-refractivity contribution in [1.29, 1.82) is 0 Å². The Hall–Kier alpha value is -2.63. The highest BCUT2D eigenvalue weighted by atomic mass is 16.5. The first-order valence-corrected chi connectivity index (χ1v) is 7.19. The molecular formula is C16H17N3O3. The fourth-order valence-corrected chi connectivity index (χ4v) is 2.51. The molecule has 0 saturated carbocycles. The average molecular weight is 299 g/mol. The molecule has 3 rings (SSSR count). The van der Waals surface area contributed by atoms with Crippen molar-refractivity contribution < 1.29 is 14.1 Å². The maximum atomic E-state index is 12.2. The molecule has 0 bridgehead atoms. The van der Waals surface area contributed by atoms with E-state index in [1.807, 2.05) is 30.3 Å². The number of hydrogen-bond acceptors (Lipinski definition) is 4. The second kappa shape index (κ2) is 6.01. The number of benzene rings is 1. The van der Waals surface area contributed by atoms with Crippen molar-refractivity contribution in [2.24, 2.45) is 5.92 Å². The third kappa shape index (κ3) is 3.00. The summed E-state index contributed by atoms with van der Waals surface area (Å²) in [6.45, 7) is 2.57. The summed E-state index contributed by atoms with van der Waals surface area (Å²) in [5, 5.41) is 6.71. The molecule has 114 valence electrons. The summed E-state index contributed by atoms with van der Waals surface area (Å²) in [7, 11) is 0. The molecule has 1 aromatic carbocycles. The van der Waals surface area contributed by atoms with Crippen molar-refractivity contribution in [3.63, 3.8) is 0 Å². The quantitative estimate of drug-likeness (QED) is 0.931. The van der Waals surface area contributed by atoms with Crippen molar-refractivity contribution in [2.45, 2.75) is 19.9 Å². The molecule has 0 aliphatic carbocycles.